The molecule has 0 saturated carbocycles. The molecule has 0 radical (unpaired) electrons. The van der Waals surface area contributed by atoms with E-state index < -0.39 is 0 Å². The van der Waals surface area contributed by atoms with Crippen molar-refractivity contribution in [2.45, 2.75) is 13.3 Å². The van der Waals surface area contributed by atoms with E-state index in [4.69, 9.17) is 4.74 Å². The third kappa shape index (κ3) is 2.66. The number of pyridine rings is 1. The highest BCUT2D eigenvalue weighted by atomic mass is 16.5. The second-order valence-corrected chi connectivity index (χ2v) is 3.44. The van der Waals surface area contributed by atoms with Gasteiger partial charge in [-0.1, -0.05) is 6.92 Å². The van der Waals surface area contributed by atoms with Crippen molar-refractivity contribution >= 4 is 5.78 Å². The number of H-pyrrole nitrogens is 1. The number of nitrogens with zero attached hydrogens (tertiary/aromatic N) is 3. The quantitative estimate of drug-likeness (QED) is 0.784. The van der Waals surface area contributed by atoms with Crippen molar-refractivity contribution in [2.75, 3.05) is 6.61 Å². The van der Waals surface area contributed by atoms with Crippen LogP contribution in [0.2, 0.25) is 0 Å². The number of nitrogens with one attached hydrogen (secondary N) is 1. The van der Waals surface area contributed by atoms with E-state index in [1.807, 2.05) is 6.92 Å². The second-order valence-electron chi connectivity index (χ2n) is 3.44. The monoisotopic (exact) mass is 232 g/mol. The fraction of sp³-hybridized carbons (Fsp3) is 0.273. The van der Waals surface area contributed by atoms with Crippen LogP contribution in [0.1, 0.15) is 29.4 Å². The van der Waals surface area contributed by atoms with Gasteiger partial charge >= 0.3 is 0 Å². The Morgan fingerprint density at radius 1 is 1.41 bits per heavy atom. The largest absolute Gasteiger partial charge is 0.492 e. The Kier molecular flexibility index (Phi) is 3.44. The van der Waals surface area contributed by atoms with E-state index >= 15 is 0 Å². The lowest BCUT2D eigenvalue weighted by Crippen LogP contribution is -2.04. The number of ether oxygens (including phenoxy) is 1. The lowest BCUT2D eigenvalue weighted by Gasteiger charge is -2.04. The van der Waals surface area contributed by atoms with Gasteiger partial charge in [0.15, 0.2) is 5.69 Å². The second kappa shape index (κ2) is 5.20. The minimum atomic E-state index is -0.229. The summed E-state index contributed by atoms with van der Waals surface area (Å²) in [5.74, 6) is 0.356. The van der Waals surface area contributed by atoms with Crippen molar-refractivity contribution in [3.8, 4) is 5.75 Å². The Bertz CT molecular complexity index is 496. The molecule has 6 nitrogen and oxygen atoms in total. The van der Waals surface area contributed by atoms with Crippen molar-refractivity contribution in [3.63, 3.8) is 0 Å². The van der Waals surface area contributed by atoms with Crippen LogP contribution in [0.15, 0.2) is 24.7 Å². The van der Waals surface area contributed by atoms with E-state index in [0.29, 0.717) is 17.9 Å². The third-order valence-electron chi connectivity index (χ3n) is 2.10. The van der Waals surface area contributed by atoms with Gasteiger partial charge < -0.3 is 4.74 Å². The van der Waals surface area contributed by atoms with Crippen LogP contribution in [0.25, 0.3) is 0 Å². The summed E-state index contributed by atoms with van der Waals surface area (Å²) in [6.45, 7) is 2.61. The van der Waals surface area contributed by atoms with Crippen LogP contribution in [0, 0.1) is 0 Å². The Morgan fingerprint density at radius 3 is 3.00 bits per heavy atom. The zero-order valence-corrected chi connectivity index (χ0v) is 9.38. The Balaban J connectivity index is 2.18. The number of rotatable bonds is 5. The molecule has 0 atom stereocenters. The van der Waals surface area contributed by atoms with E-state index in [2.05, 4.69) is 20.4 Å². The maximum Gasteiger partial charge on any atom is 0.216 e. The fourth-order valence-electron chi connectivity index (χ4n) is 1.30. The first-order chi connectivity index (χ1) is 8.31. The van der Waals surface area contributed by atoms with Gasteiger partial charge in [0.05, 0.1) is 19.0 Å². The summed E-state index contributed by atoms with van der Waals surface area (Å²) >= 11 is 0. The number of hydrogen-bond donors (Lipinski definition) is 1. The molecule has 0 saturated heterocycles. The van der Waals surface area contributed by atoms with Crippen LogP contribution in [-0.2, 0) is 0 Å². The average Bonchev–Trinajstić information content (AvgIpc) is 2.89. The van der Waals surface area contributed by atoms with Gasteiger partial charge in [-0.2, -0.15) is 15.4 Å². The number of aromatic nitrogens is 4. The first-order valence-corrected chi connectivity index (χ1v) is 5.29. The highest BCUT2D eigenvalue weighted by molar-refractivity contribution is 6.07. The molecule has 2 heterocycles. The summed E-state index contributed by atoms with van der Waals surface area (Å²) < 4.78 is 5.40. The SMILES string of the molecule is CCCOc1cncc(C(=O)c2cn[nH]n2)c1. The molecule has 0 aliphatic heterocycles. The number of carbonyl (C=O) groups is 1. The molecular weight excluding hydrogens is 220 g/mol. The molecule has 0 aliphatic rings. The van der Waals surface area contributed by atoms with Crippen molar-refractivity contribution in [1.82, 2.24) is 20.4 Å². The molecule has 2 rings (SSSR count). The first kappa shape index (κ1) is 11.3. The lowest BCUT2D eigenvalue weighted by molar-refractivity contribution is 0.103. The van der Waals surface area contributed by atoms with Gasteiger partial charge in [0.25, 0.3) is 0 Å². The molecule has 0 fully saturated rings. The summed E-state index contributed by atoms with van der Waals surface area (Å²) in [6.07, 6.45) is 5.34. The normalized spacial score (nSPS) is 10.2. The minimum absolute atomic E-state index is 0.229. The van der Waals surface area contributed by atoms with E-state index in [1.54, 1.807) is 12.3 Å². The molecule has 0 spiro atoms. The van der Waals surface area contributed by atoms with E-state index in [0.717, 1.165) is 6.42 Å². The zero-order valence-electron chi connectivity index (χ0n) is 9.38. The van der Waals surface area contributed by atoms with Crippen molar-refractivity contribution in [3.05, 3.63) is 35.9 Å². The van der Waals surface area contributed by atoms with Crippen LogP contribution < -0.4 is 4.74 Å². The standard InChI is InChI=1S/C11H12N4O2/c1-2-3-17-9-4-8(5-12-6-9)11(16)10-7-13-15-14-10/h4-7H,2-3H2,1H3,(H,13,14,15). The molecule has 6 heteroatoms. The lowest BCUT2D eigenvalue weighted by atomic mass is 10.1. The van der Waals surface area contributed by atoms with E-state index in [1.165, 1.54) is 12.4 Å². The summed E-state index contributed by atoms with van der Waals surface area (Å²) in [6, 6.07) is 1.65. The van der Waals surface area contributed by atoms with Crippen LogP contribution in [0.5, 0.6) is 5.75 Å². The molecule has 1 N–H and O–H groups in total. The van der Waals surface area contributed by atoms with Crippen LogP contribution >= 0.6 is 0 Å². The smallest absolute Gasteiger partial charge is 0.216 e. The van der Waals surface area contributed by atoms with Crippen molar-refractivity contribution < 1.29 is 9.53 Å². The van der Waals surface area contributed by atoms with Crippen molar-refractivity contribution in [1.29, 1.82) is 0 Å². The topological polar surface area (TPSA) is 80.8 Å². The third-order valence-corrected chi connectivity index (χ3v) is 2.10. The van der Waals surface area contributed by atoms with Crippen molar-refractivity contribution in [2.24, 2.45) is 0 Å². The van der Waals surface area contributed by atoms with Gasteiger partial charge in [0, 0.05) is 11.8 Å². The zero-order chi connectivity index (χ0) is 12.1. The molecule has 0 bridgehead atoms. The summed E-state index contributed by atoms with van der Waals surface area (Å²) in [5, 5.41) is 9.72. The maximum absolute atomic E-state index is 11.9. The maximum atomic E-state index is 11.9. The van der Waals surface area contributed by atoms with Gasteiger partial charge in [0.2, 0.25) is 5.78 Å². The molecule has 0 amide bonds. The number of carbonyl (C=O) groups excluding carboxylic acids is 1. The van der Waals surface area contributed by atoms with Gasteiger partial charge in [-0.05, 0) is 12.5 Å². The van der Waals surface area contributed by atoms with Crippen LogP contribution in [0.3, 0.4) is 0 Å². The Morgan fingerprint density at radius 2 is 2.29 bits per heavy atom. The predicted molar refractivity (Wildman–Crippen MR) is 59.8 cm³/mol. The predicted octanol–water partition coefficient (Wildman–Crippen LogP) is 1.22. The highest BCUT2D eigenvalue weighted by Gasteiger charge is 2.12. The van der Waals surface area contributed by atoms with Crippen LogP contribution in [0.4, 0.5) is 0 Å². The molecule has 17 heavy (non-hydrogen) atoms. The highest BCUT2D eigenvalue weighted by Crippen LogP contribution is 2.13. The molecule has 0 unspecified atom stereocenters. The summed E-state index contributed by atoms with van der Waals surface area (Å²) in [5.41, 5.74) is 0.701. The van der Waals surface area contributed by atoms with Gasteiger partial charge in [0.1, 0.15) is 5.75 Å². The molecule has 2 aromatic rings. The summed E-state index contributed by atoms with van der Waals surface area (Å²) in [4.78, 5) is 15.9. The summed E-state index contributed by atoms with van der Waals surface area (Å²) in [7, 11) is 0. The molecule has 2 aromatic heterocycles. The first-order valence-electron chi connectivity index (χ1n) is 5.29. The minimum Gasteiger partial charge on any atom is -0.492 e. The number of ketones is 1. The van der Waals surface area contributed by atoms with E-state index in [-0.39, 0.29) is 11.5 Å². The average molecular weight is 232 g/mol. The Hall–Kier alpha value is -2.24. The number of hydrogen-bond acceptors (Lipinski definition) is 5. The number of aromatic amines is 1. The molecule has 0 aliphatic carbocycles. The Labute approximate surface area is 98.0 Å². The van der Waals surface area contributed by atoms with Gasteiger partial charge in [-0.25, -0.2) is 0 Å². The molecule has 0 aromatic carbocycles. The fourth-order valence-corrected chi connectivity index (χ4v) is 1.30. The van der Waals surface area contributed by atoms with Crippen LogP contribution in [-0.4, -0.2) is 32.8 Å². The van der Waals surface area contributed by atoms with Gasteiger partial charge in [-0.15, -0.1) is 0 Å². The van der Waals surface area contributed by atoms with Gasteiger partial charge in [-0.3, -0.25) is 9.78 Å². The molecular formula is C11H12N4O2. The van der Waals surface area contributed by atoms with E-state index in [9.17, 15) is 4.79 Å². The molecule has 88 valence electrons.